The first-order chi connectivity index (χ1) is 12.2. The first kappa shape index (κ1) is 21.0. The molecule has 0 aliphatic heterocycles. The summed E-state index contributed by atoms with van der Waals surface area (Å²) in [5.41, 5.74) is 2.55. The minimum absolute atomic E-state index is 0.0189. The Morgan fingerprint density at radius 3 is 2.27 bits per heavy atom. The Bertz CT molecular complexity index is 685. The molecule has 1 aromatic carbocycles. The van der Waals surface area contributed by atoms with Crippen LogP contribution in [0.2, 0.25) is 0 Å². The maximum absolute atomic E-state index is 12.5. The van der Waals surface area contributed by atoms with Crippen LogP contribution in [0, 0.1) is 5.41 Å². The van der Waals surface area contributed by atoms with Crippen LogP contribution in [0.25, 0.3) is 0 Å². The molecule has 1 aromatic rings. The summed E-state index contributed by atoms with van der Waals surface area (Å²) in [7, 11) is 0. The van der Waals surface area contributed by atoms with Gasteiger partial charge in [-0.05, 0) is 31.2 Å². The van der Waals surface area contributed by atoms with Crippen molar-refractivity contribution in [2.75, 3.05) is 19.7 Å². The Labute approximate surface area is 147 Å². The number of alkyl halides is 3. The van der Waals surface area contributed by atoms with Crippen LogP contribution in [0.15, 0.2) is 35.5 Å². The summed E-state index contributed by atoms with van der Waals surface area (Å²) in [6, 6.07) is 6.36. The SMILES string of the molecule is CCOc1ccc(C(=O)NCCNC(=O)C(C=N)=C(N)C(F)(F)F)cc1. The fraction of sp³-hybridized carbons (Fsp3) is 0.312. The van der Waals surface area contributed by atoms with Gasteiger partial charge in [-0.15, -0.1) is 0 Å². The standard InChI is InChI=1S/C16H19F3N4O3/c1-2-26-11-5-3-10(4-6-11)14(24)22-7-8-23-15(25)12(9-20)13(21)16(17,18)19/h3-6,9,20H,2,7-8,21H2,1H3,(H,22,24)(H,23,25). The van der Waals surface area contributed by atoms with Gasteiger partial charge in [-0.2, -0.15) is 13.2 Å². The van der Waals surface area contributed by atoms with Crippen LogP contribution >= 0.6 is 0 Å². The topological polar surface area (TPSA) is 117 Å². The fourth-order valence-electron chi connectivity index (χ4n) is 1.84. The third-order valence-electron chi connectivity index (χ3n) is 3.11. The molecule has 0 fully saturated rings. The summed E-state index contributed by atoms with van der Waals surface area (Å²) in [6.07, 6.45) is -4.68. The van der Waals surface area contributed by atoms with Crippen molar-refractivity contribution < 1.29 is 27.5 Å². The maximum atomic E-state index is 12.5. The van der Waals surface area contributed by atoms with Crippen molar-refractivity contribution >= 4 is 18.0 Å². The molecule has 0 aromatic heterocycles. The normalized spacial score (nSPS) is 12.0. The van der Waals surface area contributed by atoms with Gasteiger partial charge < -0.3 is 26.5 Å². The van der Waals surface area contributed by atoms with Crippen LogP contribution in [0.3, 0.4) is 0 Å². The maximum Gasteiger partial charge on any atom is 0.431 e. The second-order valence-electron chi connectivity index (χ2n) is 4.94. The summed E-state index contributed by atoms with van der Waals surface area (Å²) in [5.74, 6) is -0.949. The molecule has 26 heavy (non-hydrogen) atoms. The Balaban J connectivity index is 2.51. The molecule has 0 heterocycles. The van der Waals surface area contributed by atoms with Crippen LogP contribution in [0.1, 0.15) is 17.3 Å². The highest BCUT2D eigenvalue weighted by Gasteiger charge is 2.35. The molecule has 0 aliphatic carbocycles. The van der Waals surface area contributed by atoms with Gasteiger partial charge in [0.15, 0.2) is 0 Å². The zero-order valence-electron chi connectivity index (χ0n) is 13.9. The minimum atomic E-state index is -4.91. The molecule has 0 atom stereocenters. The third-order valence-corrected chi connectivity index (χ3v) is 3.11. The average molecular weight is 372 g/mol. The number of benzene rings is 1. The number of halogens is 3. The number of carbonyl (C=O) groups is 2. The number of rotatable bonds is 8. The first-order valence-corrected chi connectivity index (χ1v) is 7.57. The number of nitrogens with one attached hydrogen (secondary N) is 3. The molecule has 0 spiro atoms. The lowest BCUT2D eigenvalue weighted by atomic mass is 10.2. The highest BCUT2D eigenvalue weighted by Crippen LogP contribution is 2.23. The predicted octanol–water partition coefficient (Wildman–Crippen LogP) is 1.36. The summed E-state index contributed by atoms with van der Waals surface area (Å²) < 4.78 is 42.7. The van der Waals surface area contributed by atoms with E-state index in [1.807, 2.05) is 6.92 Å². The van der Waals surface area contributed by atoms with E-state index in [2.05, 4.69) is 10.6 Å². The zero-order valence-corrected chi connectivity index (χ0v) is 13.9. The van der Waals surface area contributed by atoms with Gasteiger partial charge in [-0.25, -0.2) is 0 Å². The van der Waals surface area contributed by atoms with E-state index in [1.165, 1.54) is 0 Å². The summed E-state index contributed by atoms with van der Waals surface area (Å²) >= 11 is 0. The highest BCUT2D eigenvalue weighted by molar-refractivity contribution is 6.12. The molecule has 10 heteroatoms. The van der Waals surface area contributed by atoms with Crippen LogP contribution in [-0.4, -0.2) is 43.9 Å². The van der Waals surface area contributed by atoms with Gasteiger partial charge in [0.25, 0.3) is 11.8 Å². The van der Waals surface area contributed by atoms with Gasteiger partial charge in [0.2, 0.25) is 0 Å². The molecular formula is C16H19F3N4O3. The van der Waals surface area contributed by atoms with Crippen molar-refractivity contribution in [1.29, 1.82) is 5.41 Å². The average Bonchev–Trinajstić information content (AvgIpc) is 2.59. The first-order valence-electron chi connectivity index (χ1n) is 7.57. The molecule has 2 amide bonds. The van der Waals surface area contributed by atoms with E-state index in [9.17, 15) is 22.8 Å². The number of hydrogen-bond donors (Lipinski definition) is 4. The molecule has 1 rings (SSSR count). The van der Waals surface area contributed by atoms with E-state index < -0.39 is 29.3 Å². The largest absolute Gasteiger partial charge is 0.494 e. The van der Waals surface area contributed by atoms with E-state index >= 15 is 0 Å². The van der Waals surface area contributed by atoms with Crippen molar-refractivity contribution in [1.82, 2.24) is 10.6 Å². The van der Waals surface area contributed by atoms with E-state index in [0.29, 0.717) is 17.9 Å². The molecule has 0 aliphatic rings. The zero-order chi connectivity index (χ0) is 19.7. The summed E-state index contributed by atoms with van der Waals surface area (Å²) in [6.45, 7) is 2.17. The molecule has 0 bridgehead atoms. The number of allylic oxidation sites excluding steroid dienone is 1. The molecule has 0 saturated heterocycles. The molecule has 0 radical (unpaired) electrons. The number of ether oxygens (including phenoxy) is 1. The molecule has 0 saturated carbocycles. The third kappa shape index (κ3) is 6.11. The second kappa shape index (κ2) is 9.44. The van der Waals surface area contributed by atoms with E-state index in [4.69, 9.17) is 15.9 Å². The van der Waals surface area contributed by atoms with Crippen LogP contribution in [0.4, 0.5) is 13.2 Å². The molecule has 142 valence electrons. The summed E-state index contributed by atoms with van der Waals surface area (Å²) in [4.78, 5) is 23.6. The molecule has 5 N–H and O–H groups in total. The number of carbonyl (C=O) groups excluding carboxylic acids is 2. The number of hydrogen-bond acceptors (Lipinski definition) is 5. The lowest BCUT2D eigenvalue weighted by Crippen LogP contribution is -2.37. The quantitative estimate of drug-likeness (QED) is 0.313. The monoisotopic (exact) mass is 372 g/mol. The van der Waals surface area contributed by atoms with Gasteiger partial charge in [0.05, 0.1) is 12.2 Å². The Morgan fingerprint density at radius 1 is 1.19 bits per heavy atom. The molecular weight excluding hydrogens is 353 g/mol. The van der Waals surface area contributed by atoms with Gasteiger partial charge in [0, 0.05) is 24.9 Å². The lowest BCUT2D eigenvalue weighted by Gasteiger charge is -2.12. The van der Waals surface area contributed by atoms with Crippen molar-refractivity contribution in [2.45, 2.75) is 13.1 Å². The Kier molecular flexibility index (Phi) is 7.63. The predicted molar refractivity (Wildman–Crippen MR) is 89.0 cm³/mol. The van der Waals surface area contributed by atoms with Crippen LogP contribution in [-0.2, 0) is 4.79 Å². The van der Waals surface area contributed by atoms with Crippen LogP contribution in [0.5, 0.6) is 5.75 Å². The van der Waals surface area contributed by atoms with Crippen molar-refractivity contribution in [3.63, 3.8) is 0 Å². The van der Waals surface area contributed by atoms with Gasteiger partial charge >= 0.3 is 6.18 Å². The Morgan fingerprint density at radius 2 is 1.77 bits per heavy atom. The molecule has 7 nitrogen and oxygen atoms in total. The molecule has 0 unspecified atom stereocenters. The lowest BCUT2D eigenvalue weighted by molar-refractivity contribution is -0.118. The second-order valence-corrected chi connectivity index (χ2v) is 4.94. The summed E-state index contributed by atoms with van der Waals surface area (Å²) in [5, 5.41) is 11.6. The van der Waals surface area contributed by atoms with E-state index in [-0.39, 0.29) is 19.3 Å². The number of nitrogens with two attached hydrogens (primary N) is 1. The minimum Gasteiger partial charge on any atom is -0.494 e. The van der Waals surface area contributed by atoms with Crippen molar-refractivity contribution in [3.05, 3.63) is 41.1 Å². The van der Waals surface area contributed by atoms with Crippen molar-refractivity contribution in [3.8, 4) is 5.75 Å². The van der Waals surface area contributed by atoms with Crippen LogP contribution < -0.4 is 21.1 Å². The van der Waals surface area contributed by atoms with E-state index in [0.717, 1.165) is 0 Å². The van der Waals surface area contributed by atoms with E-state index in [1.54, 1.807) is 24.3 Å². The highest BCUT2D eigenvalue weighted by atomic mass is 19.4. The van der Waals surface area contributed by atoms with Gasteiger partial charge in [-0.3, -0.25) is 9.59 Å². The fourth-order valence-corrected chi connectivity index (χ4v) is 1.84. The number of amides is 2. The Hall–Kier alpha value is -3.04. The van der Waals surface area contributed by atoms with Gasteiger partial charge in [0.1, 0.15) is 11.4 Å². The smallest absolute Gasteiger partial charge is 0.431 e. The van der Waals surface area contributed by atoms with Crippen molar-refractivity contribution in [2.24, 2.45) is 5.73 Å². The van der Waals surface area contributed by atoms with Gasteiger partial charge in [-0.1, -0.05) is 0 Å².